The van der Waals surface area contributed by atoms with Crippen molar-refractivity contribution >= 4 is 61.2 Å². The van der Waals surface area contributed by atoms with Gasteiger partial charge in [0, 0.05) is 42.6 Å². The van der Waals surface area contributed by atoms with E-state index in [-0.39, 0.29) is 23.7 Å². The molecule has 50 heavy (non-hydrogen) atoms. The third-order valence-electron chi connectivity index (χ3n) is 11.3. The summed E-state index contributed by atoms with van der Waals surface area (Å²) in [6, 6.07) is 49.0. The number of benzene rings is 6. The number of anilines is 3. The maximum Gasteiger partial charge on any atom is 0.494 e. The normalized spacial score (nSPS) is 16.9. The molecular weight excluding hydrogens is 629 g/mol. The fourth-order valence-electron chi connectivity index (χ4n) is 7.76. The molecule has 1 aliphatic heterocycles. The minimum Gasteiger partial charge on any atom is -0.399 e. The van der Waals surface area contributed by atoms with Gasteiger partial charge in [-0.3, -0.25) is 0 Å². The van der Waals surface area contributed by atoms with Crippen LogP contribution in [0.4, 0.5) is 17.1 Å². The van der Waals surface area contributed by atoms with E-state index in [2.05, 4.69) is 180 Å². The van der Waals surface area contributed by atoms with Crippen LogP contribution in [0.1, 0.15) is 52.7 Å². The van der Waals surface area contributed by atoms with E-state index in [4.69, 9.17) is 9.31 Å². The van der Waals surface area contributed by atoms with Crippen molar-refractivity contribution in [3.05, 3.63) is 145 Å². The van der Waals surface area contributed by atoms with Gasteiger partial charge < -0.3 is 14.2 Å². The molecule has 0 bridgehead atoms. The summed E-state index contributed by atoms with van der Waals surface area (Å²) in [6.45, 7) is 13.1. The van der Waals surface area contributed by atoms with Gasteiger partial charge in [0.25, 0.3) is 0 Å². The van der Waals surface area contributed by atoms with E-state index in [0.717, 1.165) is 22.5 Å². The molecule has 0 N–H and O–H groups in total. The van der Waals surface area contributed by atoms with Crippen LogP contribution in [-0.4, -0.2) is 18.3 Å². The van der Waals surface area contributed by atoms with Gasteiger partial charge in [-0.2, -0.15) is 0 Å². The van der Waals surface area contributed by atoms with Crippen molar-refractivity contribution in [2.45, 2.75) is 58.2 Å². The van der Waals surface area contributed by atoms with Gasteiger partial charge in [0.05, 0.1) is 11.2 Å². The van der Waals surface area contributed by atoms with Crippen molar-refractivity contribution in [1.29, 1.82) is 0 Å². The molecule has 0 unspecified atom stereocenters. The van der Waals surface area contributed by atoms with Crippen LogP contribution in [0, 0.1) is 0 Å². The van der Waals surface area contributed by atoms with Crippen molar-refractivity contribution in [3.8, 4) is 22.3 Å². The molecule has 2 heterocycles. The van der Waals surface area contributed by atoms with Gasteiger partial charge in [0.1, 0.15) is 0 Å². The zero-order valence-electron chi connectivity index (χ0n) is 29.5. The zero-order chi connectivity index (χ0) is 34.4. The maximum atomic E-state index is 6.40. The summed E-state index contributed by atoms with van der Waals surface area (Å²) in [5.74, 6) is 0. The second-order valence-corrected chi connectivity index (χ2v) is 16.4. The van der Waals surface area contributed by atoms with Crippen LogP contribution >= 0.6 is 11.3 Å². The van der Waals surface area contributed by atoms with Gasteiger partial charge in [-0.15, -0.1) is 11.3 Å². The Morgan fingerprint density at radius 3 is 1.88 bits per heavy atom. The van der Waals surface area contributed by atoms with Gasteiger partial charge in [0.15, 0.2) is 0 Å². The first-order valence-electron chi connectivity index (χ1n) is 17.5. The van der Waals surface area contributed by atoms with E-state index in [0.29, 0.717) is 0 Å². The molecule has 1 saturated heterocycles. The Kier molecular flexibility index (Phi) is 6.99. The standard InChI is InChI=1S/C45H40BNO2S/c1-43(2)39-15-11-10-14-35(39)36-24-21-34(28-40(36)43)47(32-19-16-30(17-20-32)29-12-8-7-9-13-29)33-22-25-41-38(27-33)37-23-18-31(26-42(37)50-41)46-48-44(3,4)45(5,6)49-46/h7-28H,1-6H3. The Morgan fingerprint density at radius 1 is 0.500 bits per heavy atom. The lowest BCUT2D eigenvalue weighted by Crippen LogP contribution is -2.41. The van der Waals surface area contributed by atoms with Crippen LogP contribution in [0.3, 0.4) is 0 Å². The SMILES string of the molecule is CC1(C)c2ccccc2-c2ccc(N(c3ccc(-c4ccccc4)cc3)c3ccc4sc5cc(B6OC(C)(C)C(C)(C)O6)ccc5c4c3)cc21. The summed E-state index contributed by atoms with van der Waals surface area (Å²) in [5.41, 5.74) is 11.5. The molecule has 9 rings (SSSR count). The summed E-state index contributed by atoms with van der Waals surface area (Å²) in [7, 11) is -0.380. The van der Waals surface area contributed by atoms with Crippen LogP contribution in [0.5, 0.6) is 0 Å². The average molecular weight is 670 g/mol. The number of nitrogens with zero attached hydrogens (tertiary/aromatic N) is 1. The topological polar surface area (TPSA) is 21.7 Å². The van der Waals surface area contributed by atoms with E-state index in [1.54, 1.807) is 0 Å². The highest BCUT2D eigenvalue weighted by Gasteiger charge is 2.51. The van der Waals surface area contributed by atoms with Crippen LogP contribution in [0.15, 0.2) is 133 Å². The lowest BCUT2D eigenvalue weighted by molar-refractivity contribution is 0.00578. The van der Waals surface area contributed by atoms with Crippen LogP contribution in [-0.2, 0) is 14.7 Å². The number of thiophene rings is 1. The summed E-state index contributed by atoms with van der Waals surface area (Å²) < 4.78 is 15.3. The fourth-order valence-corrected chi connectivity index (χ4v) is 8.89. The lowest BCUT2D eigenvalue weighted by Gasteiger charge is -2.32. The average Bonchev–Trinajstić information content (AvgIpc) is 3.68. The Morgan fingerprint density at radius 2 is 1.12 bits per heavy atom. The van der Waals surface area contributed by atoms with E-state index < -0.39 is 0 Å². The lowest BCUT2D eigenvalue weighted by atomic mass is 9.79. The first-order valence-corrected chi connectivity index (χ1v) is 18.3. The van der Waals surface area contributed by atoms with Crippen molar-refractivity contribution in [3.63, 3.8) is 0 Å². The quantitative estimate of drug-likeness (QED) is 0.170. The molecule has 2 aliphatic rings. The minimum atomic E-state index is -0.380. The molecule has 0 saturated carbocycles. The predicted molar refractivity (Wildman–Crippen MR) is 213 cm³/mol. The van der Waals surface area contributed by atoms with Crippen molar-refractivity contribution in [2.75, 3.05) is 4.90 Å². The van der Waals surface area contributed by atoms with E-state index in [1.807, 2.05) is 11.3 Å². The second-order valence-electron chi connectivity index (χ2n) is 15.3. The van der Waals surface area contributed by atoms with Crippen LogP contribution in [0.25, 0.3) is 42.4 Å². The smallest absolute Gasteiger partial charge is 0.399 e. The molecule has 246 valence electrons. The zero-order valence-corrected chi connectivity index (χ0v) is 30.3. The molecule has 5 heteroatoms. The minimum absolute atomic E-state index is 0.0901. The highest BCUT2D eigenvalue weighted by atomic mass is 32.1. The highest BCUT2D eigenvalue weighted by molar-refractivity contribution is 7.25. The van der Waals surface area contributed by atoms with Gasteiger partial charge in [0.2, 0.25) is 0 Å². The van der Waals surface area contributed by atoms with Gasteiger partial charge in [-0.25, -0.2) is 0 Å². The Hall–Kier alpha value is -4.68. The molecular formula is C45H40BNO2S. The number of hydrogen-bond acceptors (Lipinski definition) is 4. The maximum absolute atomic E-state index is 6.40. The molecule has 6 aromatic carbocycles. The van der Waals surface area contributed by atoms with Crippen molar-refractivity contribution < 1.29 is 9.31 Å². The van der Waals surface area contributed by atoms with Crippen molar-refractivity contribution in [1.82, 2.24) is 0 Å². The van der Waals surface area contributed by atoms with Crippen LogP contribution in [0.2, 0.25) is 0 Å². The van der Waals surface area contributed by atoms with E-state index in [1.165, 1.54) is 53.6 Å². The molecule has 1 fully saturated rings. The first-order chi connectivity index (χ1) is 24.0. The summed E-state index contributed by atoms with van der Waals surface area (Å²) in [6.07, 6.45) is 0. The molecule has 3 nitrogen and oxygen atoms in total. The largest absolute Gasteiger partial charge is 0.494 e. The van der Waals surface area contributed by atoms with Gasteiger partial charge in [-0.1, -0.05) is 98.8 Å². The van der Waals surface area contributed by atoms with Crippen molar-refractivity contribution in [2.24, 2.45) is 0 Å². The van der Waals surface area contributed by atoms with E-state index in [9.17, 15) is 0 Å². The molecule has 0 spiro atoms. The predicted octanol–water partition coefficient (Wildman–Crippen LogP) is 11.8. The third-order valence-corrected chi connectivity index (χ3v) is 12.5. The summed E-state index contributed by atoms with van der Waals surface area (Å²) in [4.78, 5) is 2.41. The Balaban J connectivity index is 1.16. The van der Waals surface area contributed by atoms with E-state index >= 15 is 0 Å². The molecule has 0 radical (unpaired) electrons. The fraction of sp³-hybridized carbons (Fsp3) is 0.200. The summed E-state index contributed by atoms with van der Waals surface area (Å²) >= 11 is 1.83. The summed E-state index contributed by atoms with van der Waals surface area (Å²) in [5, 5.41) is 2.50. The highest BCUT2D eigenvalue weighted by Crippen LogP contribution is 2.51. The Labute approximate surface area is 299 Å². The third kappa shape index (κ3) is 4.86. The molecule has 1 aliphatic carbocycles. The second kappa shape index (κ2) is 11.2. The Bertz CT molecular complexity index is 2410. The van der Waals surface area contributed by atoms with Gasteiger partial charge >= 0.3 is 7.12 Å². The van der Waals surface area contributed by atoms with Crippen LogP contribution < -0.4 is 10.4 Å². The van der Waals surface area contributed by atoms with Gasteiger partial charge in [-0.05, 0) is 115 Å². The number of hydrogen-bond donors (Lipinski definition) is 0. The monoisotopic (exact) mass is 669 g/mol. The first kappa shape index (κ1) is 31.3. The molecule has 0 amide bonds. The number of rotatable bonds is 5. The number of fused-ring (bicyclic) bond motifs is 6. The molecule has 0 atom stereocenters. The molecule has 7 aromatic rings. The molecule has 1 aromatic heterocycles.